The summed E-state index contributed by atoms with van der Waals surface area (Å²) >= 11 is 0. The summed E-state index contributed by atoms with van der Waals surface area (Å²) in [4.78, 5) is 43.6. The summed E-state index contributed by atoms with van der Waals surface area (Å²) < 4.78 is 31.6. The van der Waals surface area contributed by atoms with Crippen LogP contribution in [-0.4, -0.2) is 25.3 Å². The molecule has 0 atom stereocenters. The van der Waals surface area contributed by atoms with Gasteiger partial charge >= 0.3 is 66.7 Å². The summed E-state index contributed by atoms with van der Waals surface area (Å²) in [6, 6.07) is 0. The van der Waals surface area contributed by atoms with Gasteiger partial charge in [0.25, 0.3) is 0 Å². The molecule has 0 aliphatic carbocycles. The molecule has 0 aliphatic rings. The molecule has 0 radical (unpaired) electrons. The first-order chi connectivity index (χ1) is 12.7. The number of carbonyl (C=O) groups is 2. The fourth-order valence-electron chi connectivity index (χ4n) is 2.70. The maximum atomic E-state index is 11.8. The minimum absolute atomic E-state index is 0. The first kappa shape index (κ1) is 35.2. The maximum Gasteiger partial charge on any atom is 1.00 e. The van der Waals surface area contributed by atoms with Crippen molar-refractivity contribution in [1.82, 2.24) is 0 Å². The van der Waals surface area contributed by atoms with E-state index in [9.17, 15) is 28.5 Å². The molecule has 29 heavy (non-hydrogen) atoms. The quantitative estimate of drug-likeness (QED) is 0.122. The zero-order valence-electron chi connectivity index (χ0n) is 18.4. The van der Waals surface area contributed by atoms with Crippen LogP contribution in [-0.2, 0) is 27.8 Å². The Bertz CT molecular complexity index is 532. The van der Waals surface area contributed by atoms with Crippen LogP contribution in [0.5, 0.6) is 0 Å². The fraction of sp³-hybridized carbons (Fsp3) is 0.882. The van der Waals surface area contributed by atoms with Crippen molar-refractivity contribution in [3.63, 3.8) is 0 Å². The van der Waals surface area contributed by atoms with Gasteiger partial charge in [-0.3, -0.25) is 14.2 Å². The predicted octanol–water partition coefficient (Wildman–Crippen LogP) is -2.48. The molecule has 0 N–H and O–H groups in total. The monoisotopic (exact) mass is 472 g/mol. The van der Waals surface area contributed by atoms with Crippen molar-refractivity contribution in [3.05, 3.63) is 0 Å². The van der Waals surface area contributed by atoms with Crippen molar-refractivity contribution in [2.24, 2.45) is 0 Å². The smallest absolute Gasteiger partial charge is 0.805 e. The van der Waals surface area contributed by atoms with E-state index in [2.05, 4.69) is 9.05 Å². The van der Waals surface area contributed by atoms with Crippen molar-refractivity contribution in [1.29, 1.82) is 0 Å². The molecule has 0 aromatic rings. The van der Waals surface area contributed by atoms with Crippen molar-refractivity contribution in [3.8, 4) is 0 Å². The van der Waals surface area contributed by atoms with Crippen LogP contribution >= 0.6 is 15.2 Å². The normalized spacial score (nSPS) is 11.4. The minimum atomic E-state index is -5.04. The van der Waals surface area contributed by atoms with Gasteiger partial charge in [-0.05, 0) is 12.8 Å². The van der Waals surface area contributed by atoms with Crippen molar-refractivity contribution >= 4 is 26.2 Å². The molecule has 0 rings (SSSR count). The third kappa shape index (κ3) is 17.8. The summed E-state index contributed by atoms with van der Waals surface area (Å²) in [5.41, 5.74) is -1.65. The third-order valence-electron chi connectivity index (χ3n) is 4.37. The van der Waals surface area contributed by atoms with E-state index in [0.29, 0.717) is 12.8 Å². The molecule has 0 aromatic carbocycles. The van der Waals surface area contributed by atoms with E-state index < -0.39 is 26.2 Å². The molecule has 0 fully saturated rings. The largest absolute Gasteiger partial charge is 1.00 e. The molecule has 8 nitrogen and oxygen atoms in total. The maximum absolute atomic E-state index is 11.8. The van der Waals surface area contributed by atoms with E-state index >= 15 is 0 Å². The first-order valence-electron chi connectivity index (χ1n) is 9.47. The molecule has 160 valence electrons. The third-order valence-corrected chi connectivity index (χ3v) is 7.00. The topological polar surface area (TPSA) is 133 Å². The van der Waals surface area contributed by atoms with Crippen LogP contribution in [0.15, 0.2) is 0 Å². The summed E-state index contributed by atoms with van der Waals surface area (Å²) in [6.07, 6.45) is 10.2. The second-order valence-electron chi connectivity index (χ2n) is 6.54. The Morgan fingerprint density at radius 2 is 0.897 bits per heavy atom. The van der Waals surface area contributed by atoms with Gasteiger partial charge in [-0.25, -0.2) is 0 Å². The predicted molar refractivity (Wildman–Crippen MR) is 99.3 cm³/mol. The van der Waals surface area contributed by atoms with Crippen LogP contribution in [0.4, 0.5) is 0 Å². The van der Waals surface area contributed by atoms with Gasteiger partial charge < -0.3 is 23.4 Å². The minimum Gasteiger partial charge on any atom is -0.805 e. The molecule has 0 saturated carbocycles. The van der Waals surface area contributed by atoms with Gasteiger partial charge in [0.15, 0.2) is 5.52 Å². The molecule has 0 unspecified atom stereocenters. The second-order valence-corrected chi connectivity index (χ2v) is 10.3. The van der Waals surface area contributed by atoms with Crippen molar-refractivity contribution < 1.29 is 96.7 Å². The molecule has 0 spiro atoms. The molecule has 0 amide bonds. The van der Waals surface area contributed by atoms with Gasteiger partial charge in [0.1, 0.15) is 0 Å². The summed E-state index contributed by atoms with van der Waals surface area (Å²) in [5.74, 6) is 0. The molecule has 0 bridgehead atoms. The summed E-state index contributed by atoms with van der Waals surface area (Å²) in [5, 5.41) is 0. The summed E-state index contributed by atoms with van der Waals surface area (Å²) in [6.45, 7) is 0. The average molecular weight is 472 g/mol. The molecule has 0 aromatic heterocycles. The standard InChI is InChI=1S/C17H34O8P2.2Na/c1-24-27(23,25-2)17(19)15-13-11-9-7-5-3-4-6-8-10-12-14-16(18)26(20,21)22;;/h3-15H2,1-2H3,(H2,20,21,22);;/q;2*+1/p-2. The van der Waals surface area contributed by atoms with Crippen LogP contribution in [0.1, 0.15) is 83.5 Å². The van der Waals surface area contributed by atoms with Gasteiger partial charge in [0, 0.05) is 34.7 Å². The van der Waals surface area contributed by atoms with Crippen LogP contribution in [0, 0.1) is 0 Å². The average Bonchev–Trinajstić information content (AvgIpc) is 2.63. The number of hydrogen-bond donors (Lipinski definition) is 0. The number of rotatable bonds is 18. The molecule has 0 aliphatic heterocycles. The van der Waals surface area contributed by atoms with E-state index in [0.717, 1.165) is 57.8 Å². The zero-order valence-corrected chi connectivity index (χ0v) is 24.1. The second kappa shape index (κ2) is 20.3. The SMILES string of the molecule is COP(=O)(OC)C(=O)CCCCCCCCCCCCCC(=O)P(=O)([O-])[O-].[Na+].[Na+]. The Kier molecular flexibility index (Phi) is 24.6. The van der Waals surface area contributed by atoms with Crippen molar-refractivity contribution in [2.45, 2.75) is 83.5 Å². The van der Waals surface area contributed by atoms with Gasteiger partial charge in [-0.1, -0.05) is 57.8 Å². The van der Waals surface area contributed by atoms with E-state index in [4.69, 9.17) is 0 Å². The number of hydrogen-bond acceptors (Lipinski definition) is 8. The van der Waals surface area contributed by atoms with E-state index in [1.165, 1.54) is 14.2 Å². The Balaban J connectivity index is -0.00000338. The Morgan fingerprint density at radius 1 is 0.621 bits per heavy atom. The Morgan fingerprint density at radius 3 is 1.17 bits per heavy atom. The molecular weight excluding hydrogens is 440 g/mol. The van der Waals surface area contributed by atoms with Crippen molar-refractivity contribution in [2.75, 3.05) is 14.2 Å². The van der Waals surface area contributed by atoms with Gasteiger partial charge in [-0.2, -0.15) is 0 Å². The zero-order chi connectivity index (χ0) is 20.8. The number of unbranched alkanes of at least 4 members (excludes halogenated alkanes) is 10. The van der Waals surface area contributed by atoms with E-state index in [1.54, 1.807) is 0 Å². The fourth-order valence-corrected chi connectivity index (χ4v) is 4.12. The Labute approximate surface area is 218 Å². The van der Waals surface area contributed by atoms with Crippen LogP contribution in [0.25, 0.3) is 0 Å². The van der Waals surface area contributed by atoms with Crippen LogP contribution < -0.4 is 68.9 Å². The molecule has 0 heterocycles. The molecule has 12 heteroatoms. The van der Waals surface area contributed by atoms with Gasteiger partial charge in [0.2, 0.25) is 5.52 Å². The van der Waals surface area contributed by atoms with E-state index in [-0.39, 0.29) is 72.0 Å². The summed E-state index contributed by atoms with van der Waals surface area (Å²) in [7, 11) is -6.20. The van der Waals surface area contributed by atoms with Gasteiger partial charge in [0.05, 0.1) is 0 Å². The first-order valence-corrected chi connectivity index (χ1v) is 12.6. The van der Waals surface area contributed by atoms with Crippen LogP contribution in [0.2, 0.25) is 0 Å². The van der Waals surface area contributed by atoms with Gasteiger partial charge in [-0.15, -0.1) is 0 Å². The van der Waals surface area contributed by atoms with Crippen LogP contribution in [0.3, 0.4) is 0 Å². The molecular formula is C17H32Na2O8P2. The Hall–Kier alpha value is 1.64. The number of carbonyl (C=O) groups excluding carboxylic acids is 2. The van der Waals surface area contributed by atoms with E-state index in [1.807, 2.05) is 0 Å². The molecule has 0 saturated heterocycles.